The molecule has 9 nitrogen and oxygen atoms in total. The molecule has 1 aliphatic heterocycles. The van der Waals surface area contributed by atoms with Gasteiger partial charge in [0, 0.05) is 18.1 Å². The van der Waals surface area contributed by atoms with Gasteiger partial charge in [-0.1, -0.05) is 30.0 Å². The Labute approximate surface area is 224 Å². The molecule has 1 aliphatic rings. The van der Waals surface area contributed by atoms with E-state index >= 15 is 0 Å². The van der Waals surface area contributed by atoms with Crippen molar-refractivity contribution >= 4 is 34.4 Å². The van der Waals surface area contributed by atoms with Crippen molar-refractivity contribution in [1.29, 1.82) is 0 Å². The summed E-state index contributed by atoms with van der Waals surface area (Å²) in [4.78, 5) is 36.2. The molecule has 0 bridgehead atoms. The standard InChI is InChI=1S/C28H28N4O5S/c1-28(2)14-22-17(15-37-28)12-20-25(30-22)31-27(32(26(20)34)18-8-6-5-7-9-18)38-16-24(33)29-21-11-10-19(35-3)13-23(21)36-4/h5-13H,14-16H2,1-4H3,(H,29,33). The number of amides is 1. The van der Waals surface area contributed by atoms with Crippen molar-refractivity contribution < 1.29 is 19.0 Å². The van der Waals surface area contributed by atoms with E-state index in [0.29, 0.717) is 52.1 Å². The van der Waals surface area contributed by atoms with E-state index < -0.39 is 0 Å². The van der Waals surface area contributed by atoms with Crippen LogP contribution in [-0.2, 0) is 22.6 Å². The van der Waals surface area contributed by atoms with Crippen LogP contribution in [-0.4, -0.2) is 46.0 Å². The highest BCUT2D eigenvalue weighted by atomic mass is 32.2. The maximum atomic E-state index is 13.7. The van der Waals surface area contributed by atoms with Crippen molar-refractivity contribution in [2.45, 2.75) is 37.6 Å². The van der Waals surface area contributed by atoms with Gasteiger partial charge in [-0.3, -0.25) is 14.2 Å². The molecule has 1 amide bonds. The average Bonchev–Trinajstić information content (AvgIpc) is 2.91. The second-order valence-corrected chi connectivity index (χ2v) is 10.4. The fraction of sp³-hybridized carbons (Fsp3) is 0.286. The Morgan fingerprint density at radius 1 is 1.11 bits per heavy atom. The van der Waals surface area contributed by atoms with Crippen LogP contribution in [0.4, 0.5) is 5.69 Å². The van der Waals surface area contributed by atoms with Gasteiger partial charge < -0.3 is 19.5 Å². The van der Waals surface area contributed by atoms with E-state index in [9.17, 15) is 9.59 Å². The predicted molar refractivity (Wildman–Crippen MR) is 147 cm³/mol. The zero-order chi connectivity index (χ0) is 26.9. The molecule has 38 heavy (non-hydrogen) atoms. The lowest BCUT2D eigenvalue weighted by Crippen LogP contribution is -2.33. The Balaban J connectivity index is 1.49. The second-order valence-electron chi connectivity index (χ2n) is 9.46. The van der Waals surface area contributed by atoms with Gasteiger partial charge in [-0.05, 0) is 44.2 Å². The summed E-state index contributed by atoms with van der Waals surface area (Å²) in [5, 5.41) is 3.65. The Hall–Kier alpha value is -3.89. The summed E-state index contributed by atoms with van der Waals surface area (Å²) < 4.78 is 18.0. The summed E-state index contributed by atoms with van der Waals surface area (Å²) in [6, 6.07) is 16.2. The van der Waals surface area contributed by atoms with E-state index in [2.05, 4.69) is 5.32 Å². The van der Waals surface area contributed by atoms with Crippen molar-refractivity contribution in [3.63, 3.8) is 0 Å². The minimum atomic E-state index is -0.342. The number of carbonyl (C=O) groups is 1. The third-order valence-electron chi connectivity index (χ3n) is 6.24. The maximum absolute atomic E-state index is 13.7. The first-order chi connectivity index (χ1) is 18.3. The summed E-state index contributed by atoms with van der Waals surface area (Å²) in [5.74, 6) is 0.843. The van der Waals surface area contributed by atoms with E-state index in [-0.39, 0.29) is 22.8 Å². The highest BCUT2D eigenvalue weighted by Gasteiger charge is 2.28. The number of nitrogens with zero attached hydrogens (tertiary/aromatic N) is 3. The van der Waals surface area contributed by atoms with Crippen molar-refractivity contribution in [3.05, 3.63) is 76.2 Å². The van der Waals surface area contributed by atoms with E-state index in [1.165, 1.54) is 23.4 Å². The number of hydrogen-bond acceptors (Lipinski definition) is 8. The van der Waals surface area contributed by atoms with Crippen LogP contribution in [0.15, 0.2) is 64.5 Å². The van der Waals surface area contributed by atoms with E-state index in [1.807, 2.05) is 50.2 Å². The van der Waals surface area contributed by atoms with Crippen LogP contribution in [0.3, 0.4) is 0 Å². The lowest BCUT2D eigenvalue weighted by molar-refractivity contribution is -0.113. The predicted octanol–water partition coefficient (Wildman–Crippen LogP) is 4.38. The molecular weight excluding hydrogens is 504 g/mol. The average molecular weight is 533 g/mol. The number of methoxy groups -OCH3 is 2. The lowest BCUT2D eigenvalue weighted by Gasteiger charge is -2.31. The normalized spacial score (nSPS) is 14.1. The number of pyridine rings is 1. The van der Waals surface area contributed by atoms with Gasteiger partial charge in [0.1, 0.15) is 11.5 Å². The Bertz CT molecular complexity index is 1570. The second kappa shape index (κ2) is 10.5. The fourth-order valence-corrected chi connectivity index (χ4v) is 5.10. The van der Waals surface area contributed by atoms with Crippen LogP contribution >= 0.6 is 11.8 Å². The first-order valence-electron chi connectivity index (χ1n) is 12.1. The molecule has 10 heteroatoms. The van der Waals surface area contributed by atoms with Crippen molar-refractivity contribution in [3.8, 4) is 17.2 Å². The van der Waals surface area contributed by atoms with Crippen LogP contribution in [0.25, 0.3) is 16.7 Å². The maximum Gasteiger partial charge on any atom is 0.268 e. The van der Waals surface area contributed by atoms with E-state index in [1.54, 1.807) is 25.3 Å². The first kappa shape index (κ1) is 25.7. The number of carbonyl (C=O) groups excluding carboxylic acids is 1. The van der Waals surface area contributed by atoms with Crippen LogP contribution < -0.4 is 20.3 Å². The van der Waals surface area contributed by atoms with E-state index in [4.69, 9.17) is 24.2 Å². The Morgan fingerprint density at radius 3 is 2.63 bits per heavy atom. The van der Waals surface area contributed by atoms with Gasteiger partial charge in [0.05, 0.1) is 54.6 Å². The van der Waals surface area contributed by atoms with Crippen LogP contribution in [0.2, 0.25) is 0 Å². The number of aromatic nitrogens is 3. The third-order valence-corrected chi connectivity index (χ3v) is 7.18. The highest BCUT2D eigenvalue weighted by Crippen LogP contribution is 2.31. The lowest BCUT2D eigenvalue weighted by atomic mass is 9.95. The molecule has 0 atom stereocenters. The molecule has 2 aromatic carbocycles. The van der Waals surface area contributed by atoms with Gasteiger partial charge in [-0.2, -0.15) is 0 Å². The van der Waals surface area contributed by atoms with Crippen LogP contribution in [0, 0.1) is 0 Å². The van der Waals surface area contributed by atoms with Crippen molar-refractivity contribution in [2.75, 3.05) is 25.3 Å². The monoisotopic (exact) mass is 532 g/mol. The summed E-state index contributed by atoms with van der Waals surface area (Å²) in [6.45, 7) is 4.42. The molecule has 0 spiro atoms. The highest BCUT2D eigenvalue weighted by molar-refractivity contribution is 7.99. The largest absolute Gasteiger partial charge is 0.497 e. The van der Waals surface area contributed by atoms with Crippen molar-refractivity contribution in [1.82, 2.24) is 14.5 Å². The number of hydrogen-bond donors (Lipinski definition) is 1. The molecule has 0 saturated heterocycles. The SMILES string of the molecule is COc1ccc(NC(=O)CSc2nc3nc4c(cc3c(=O)n2-c2ccccc2)COC(C)(C)C4)c(OC)c1. The number of ether oxygens (including phenoxy) is 3. The zero-order valence-corrected chi connectivity index (χ0v) is 22.4. The molecule has 4 aromatic rings. The molecular formula is C28H28N4O5S. The first-order valence-corrected chi connectivity index (χ1v) is 13.1. The topological polar surface area (TPSA) is 105 Å². The van der Waals surface area contributed by atoms with Crippen LogP contribution in [0.5, 0.6) is 11.5 Å². The number of thioether (sulfide) groups is 1. The number of para-hydroxylation sites is 1. The van der Waals surface area contributed by atoms with Gasteiger partial charge in [-0.25, -0.2) is 9.97 Å². The number of fused-ring (bicyclic) bond motifs is 2. The van der Waals surface area contributed by atoms with Gasteiger partial charge in [0.2, 0.25) is 5.91 Å². The molecule has 0 aliphatic carbocycles. The molecule has 0 unspecified atom stereocenters. The zero-order valence-electron chi connectivity index (χ0n) is 21.6. The summed E-state index contributed by atoms with van der Waals surface area (Å²) in [7, 11) is 3.08. The Kier molecular flexibility index (Phi) is 7.09. The molecule has 3 heterocycles. The van der Waals surface area contributed by atoms with Crippen LogP contribution in [0.1, 0.15) is 25.1 Å². The molecule has 5 rings (SSSR count). The molecule has 0 saturated carbocycles. The minimum absolute atomic E-state index is 0.0196. The molecule has 2 aromatic heterocycles. The van der Waals surface area contributed by atoms with Gasteiger partial charge >= 0.3 is 0 Å². The molecule has 0 fully saturated rings. The van der Waals surface area contributed by atoms with Gasteiger partial charge in [0.15, 0.2) is 10.8 Å². The quantitative estimate of drug-likeness (QED) is 0.276. The summed E-state index contributed by atoms with van der Waals surface area (Å²) in [6.07, 6.45) is 0.621. The molecule has 1 N–H and O–H groups in total. The summed E-state index contributed by atoms with van der Waals surface area (Å²) in [5.41, 5.74) is 2.71. The third kappa shape index (κ3) is 5.23. The molecule has 0 radical (unpaired) electrons. The van der Waals surface area contributed by atoms with E-state index in [0.717, 1.165) is 11.3 Å². The number of rotatable bonds is 7. The smallest absolute Gasteiger partial charge is 0.268 e. The van der Waals surface area contributed by atoms with Crippen molar-refractivity contribution in [2.24, 2.45) is 0 Å². The summed E-state index contributed by atoms with van der Waals surface area (Å²) >= 11 is 1.17. The van der Waals surface area contributed by atoms with Gasteiger partial charge in [0.25, 0.3) is 5.56 Å². The number of anilines is 1. The molecule has 196 valence electrons. The number of nitrogens with one attached hydrogen (secondary N) is 1. The number of benzene rings is 2. The van der Waals surface area contributed by atoms with Gasteiger partial charge in [-0.15, -0.1) is 0 Å². The minimum Gasteiger partial charge on any atom is -0.497 e. The Morgan fingerprint density at radius 2 is 1.89 bits per heavy atom. The fourth-order valence-electron chi connectivity index (χ4n) is 4.30.